The van der Waals surface area contributed by atoms with Crippen molar-refractivity contribution >= 4 is 17.7 Å². The van der Waals surface area contributed by atoms with Crippen LogP contribution in [0.2, 0.25) is 0 Å². The van der Waals surface area contributed by atoms with Crippen molar-refractivity contribution in [1.29, 1.82) is 0 Å². The van der Waals surface area contributed by atoms with Gasteiger partial charge in [0.05, 0.1) is 6.61 Å². The van der Waals surface area contributed by atoms with Gasteiger partial charge in [-0.3, -0.25) is 4.79 Å². The fraction of sp³-hybridized carbons (Fsp3) is 0.333. The van der Waals surface area contributed by atoms with Gasteiger partial charge in [0.1, 0.15) is 6.54 Å². The molecule has 0 aliphatic rings. The lowest BCUT2D eigenvalue weighted by Crippen LogP contribution is -2.35. The second-order valence-electron chi connectivity index (χ2n) is 3.81. The van der Waals surface area contributed by atoms with Crippen molar-refractivity contribution in [2.45, 2.75) is 6.61 Å². The number of carbonyl (C=O) groups excluding carboxylic acids is 1. The van der Waals surface area contributed by atoms with E-state index in [-0.39, 0.29) is 6.54 Å². The van der Waals surface area contributed by atoms with Crippen molar-refractivity contribution in [2.75, 3.05) is 26.0 Å². The molecule has 1 rings (SSSR count). The van der Waals surface area contributed by atoms with E-state index in [2.05, 4.69) is 5.32 Å². The Morgan fingerprint density at radius 2 is 2.17 bits per heavy atom. The molecule has 2 amide bonds. The van der Waals surface area contributed by atoms with Crippen LogP contribution in [-0.2, 0) is 16.1 Å². The average Bonchev–Trinajstić information content (AvgIpc) is 2.29. The van der Waals surface area contributed by atoms with Crippen LogP contribution in [0.5, 0.6) is 0 Å². The van der Waals surface area contributed by atoms with Crippen molar-refractivity contribution < 1.29 is 19.4 Å². The largest absolute Gasteiger partial charge is 0.480 e. The first-order valence-electron chi connectivity index (χ1n) is 5.34. The summed E-state index contributed by atoms with van der Waals surface area (Å²) in [6, 6.07) is 6.70. The van der Waals surface area contributed by atoms with Gasteiger partial charge in [0.25, 0.3) is 0 Å². The van der Waals surface area contributed by atoms with E-state index in [0.29, 0.717) is 12.3 Å². The van der Waals surface area contributed by atoms with Gasteiger partial charge in [-0.1, -0.05) is 12.1 Å². The third-order valence-electron chi connectivity index (χ3n) is 2.21. The topological polar surface area (TPSA) is 78.9 Å². The number of benzene rings is 1. The number of aliphatic carboxylic acids is 1. The first kappa shape index (κ1) is 14.0. The third-order valence-corrected chi connectivity index (χ3v) is 2.21. The van der Waals surface area contributed by atoms with Crippen LogP contribution in [0.25, 0.3) is 0 Å². The molecule has 0 bridgehead atoms. The number of anilines is 1. The number of carboxylic acids is 1. The minimum absolute atomic E-state index is 0.344. The zero-order valence-electron chi connectivity index (χ0n) is 10.3. The van der Waals surface area contributed by atoms with Crippen LogP contribution < -0.4 is 5.32 Å². The number of hydrogen-bond acceptors (Lipinski definition) is 3. The molecule has 0 spiro atoms. The quantitative estimate of drug-likeness (QED) is 0.829. The minimum atomic E-state index is -1.05. The SMILES string of the molecule is COCc1cccc(NC(=O)N(C)CC(=O)O)c1. The predicted octanol–water partition coefficient (Wildman–Crippen LogP) is 1.38. The summed E-state index contributed by atoms with van der Waals surface area (Å²) in [7, 11) is 3.01. The maximum Gasteiger partial charge on any atom is 0.323 e. The Bertz CT molecular complexity index is 434. The fourth-order valence-corrected chi connectivity index (χ4v) is 1.40. The van der Waals surface area contributed by atoms with Crippen molar-refractivity contribution in [1.82, 2.24) is 4.90 Å². The molecule has 1 aromatic rings. The van der Waals surface area contributed by atoms with Gasteiger partial charge in [0.15, 0.2) is 0 Å². The normalized spacial score (nSPS) is 9.89. The number of carbonyl (C=O) groups is 2. The molecule has 0 saturated heterocycles. The molecule has 98 valence electrons. The van der Waals surface area contributed by atoms with Crippen LogP contribution in [0.1, 0.15) is 5.56 Å². The maximum atomic E-state index is 11.6. The van der Waals surface area contributed by atoms with E-state index in [0.717, 1.165) is 10.5 Å². The molecule has 0 aliphatic heterocycles. The third kappa shape index (κ3) is 4.42. The van der Waals surface area contributed by atoms with Crippen molar-refractivity contribution in [3.8, 4) is 0 Å². The number of nitrogens with one attached hydrogen (secondary N) is 1. The zero-order chi connectivity index (χ0) is 13.5. The summed E-state index contributed by atoms with van der Waals surface area (Å²) in [5.74, 6) is -1.05. The highest BCUT2D eigenvalue weighted by atomic mass is 16.5. The molecular weight excluding hydrogens is 236 g/mol. The lowest BCUT2D eigenvalue weighted by molar-refractivity contribution is -0.137. The monoisotopic (exact) mass is 252 g/mol. The summed E-state index contributed by atoms with van der Waals surface area (Å²) in [4.78, 5) is 23.2. The van der Waals surface area contributed by atoms with Crippen LogP contribution >= 0.6 is 0 Å². The summed E-state index contributed by atoms with van der Waals surface area (Å²) >= 11 is 0. The number of methoxy groups -OCH3 is 1. The van der Waals surface area contributed by atoms with Gasteiger partial charge in [-0.2, -0.15) is 0 Å². The molecule has 2 N–H and O–H groups in total. The van der Waals surface area contributed by atoms with Gasteiger partial charge in [-0.25, -0.2) is 4.79 Å². The van der Waals surface area contributed by atoms with Crippen molar-refractivity contribution in [2.24, 2.45) is 0 Å². The first-order valence-corrected chi connectivity index (χ1v) is 5.34. The van der Waals surface area contributed by atoms with Crippen LogP contribution in [0.4, 0.5) is 10.5 Å². The van der Waals surface area contributed by atoms with E-state index in [9.17, 15) is 9.59 Å². The first-order chi connectivity index (χ1) is 8.52. The summed E-state index contributed by atoms with van der Waals surface area (Å²) in [5, 5.41) is 11.2. The van der Waals surface area contributed by atoms with Gasteiger partial charge >= 0.3 is 12.0 Å². The molecule has 18 heavy (non-hydrogen) atoms. The number of likely N-dealkylation sites (N-methyl/N-ethyl adjacent to an activating group) is 1. The highest BCUT2D eigenvalue weighted by molar-refractivity contribution is 5.91. The Kier molecular flexibility index (Phi) is 5.13. The lowest BCUT2D eigenvalue weighted by atomic mass is 10.2. The lowest BCUT2D eigenvalue weighted by Gasteiger charge is -2.15. The molecular formula is C12H16N2O4. The second kappa shape index (κ2) is 6.61. The van der Waals surface area contributed by atoms with Crippen LogP contribution in [0.3, 0.4) is 0 Å². The van der Waals surface area contributed by atoms with E-state index in [1.165, 1.54) is 7.05 Å². The summed E-state index contributed by atoms with van der Waals surface area (Å²) < 4.78 is 4.99. The minimum Gasteiger partial charge on any atom is -0.480 e. The molecule has 0 saturated carbocycles. The molecule has 0 aliphatic carbocycles. The van der Waals surface area contributed by atoms with Gasteiger partial charge < -0.3 is 20.1 Å². The summed E-state index contributed by atoms with van der Waals surface area (Å²) in [6.07, 6.45) is 0. The zero-order valence-corrected chi connectivity index (χ0v) is 10.3. The van der Waals surface area contributed by atoms with Gasteiger partial charge in [0, 0.05) is 19.8 Å². The van der Waals surface area contributed by atoms with E-state index in [1.54, 1.807) is 25.3 Å². The fourth-order valence-electron chi connectivity index (χ4n) is 1.40. The molecule has 0 radical (unpaired) electrons. The Balaban J connectivity index is 2.63. The van der Waals surface area contributed by atoms with Crippen molar-refractivity contribution in [3.63, 3.8) is 0 Å². The smallest absolute Gasteiger partial charge is 0.323 e. The van der Waals surface area contributed by atoms with Crippen LogP contribution in [-0.4, -0.2) is 42.7 Å². The number of hydrogen-bond donors (Lipinski definition) is 2. The van der Waals surface area contributed by atoms with Crippen molar-refractivity contribution in [3.05, 3.63) is 29.8 Å². The number of urea groups is 1. The van der Waals surface area contributed by atoms with Gasteiger partial charge in [-0.15, -0.1) is 0 Å². The Labute approximate surface area is 105 Å². The highest BCUT2D eigenvalue weighted by Gasteiger charge is 2.11. The van der Waals surface area contributed by atoms with E-state index in [4.69, 9.17) is 9.84 Å². The predicted molar refractivity (Wildman–Crippen MR) is 66.4 cm³/mol. The highest BCUT2D eigenvalue weighted by Crippen LogP contribution is 2.11. The average molecular weight is 252 g/mol. The van der Waals surface area contributed by atoms with E-state index < -0.39 is 12.0 Å². The maximum absolute atomic E-state index is 11.6. The Hall–Kier alpha value is -2.08. The number of carboxylic acid groups (broad SMARTS) is 1. The summed E-state index contributed by atoms with van der Waals surface area (Å²) in [5.41, 5.74) is 1.53. The Morgan fingerprint density at radius 3 is 2.78 bits per heavy atom. The number of nitrogens with zero attached hydrogens (tertiary/aromatic N) is 1. The van der Waals surface area contributed by atoms with Crippen LogP contribution in [0.15, 0.2) is 24.3 Å². The molecule has 6 heteroatoms. The Morgan fingerprint density at radius 1 is 1.44 bits per heavy atom. The molecule has 1 aromatic carbocycles. The molecule has 0 atom stereocenters. The molecule has 0 aromatic heterocycles. The molecule has 0 unspecified atom stereocenters. The number of amides is 2. The standard InChI is InChI=1S/C12H16N2O4/c1-14(7-11(15)16)12(17)13-10-5-3-4-9(6-10)8-18-2/h3-6H,7-8H2,1-2H3,(H,13,17)(H,15,16). The van der Waals surface area contributed by atoms with Crippen LogP contribution in [0, 0.1) is 0 Å². The van der Waals surface area contributed by atoms with E-state index in [1.807, 2.05) is 6.07 Å². The number of ether oxygens (including phenoxy) is 1. The molecule has 6 nitrogen and oxygen atoms in total. The molecule has 0 heterocycles. The van der Waals surface area contributed by atoms with Gasteiger partial charge in [0.2, 0.25) is 0 Å². The molecule has 0 fully saturated rings. The number of rotatable bonds is 5. The summed E-state index contributed by atoms with van der Waals surface area (Å²) in [6.45, 7) is 0.109. The van der Waals surface area contributed by atoms with E-state index >= 15 is 0 Å². The van der Waals surface area contributed by atoms with Gasteiger partial charge in [-0.05, 0) is 17.7 Å². The second-order valence-corrected chi connectivity index (χ2v) is 3.81.